The first-order valence-corrected chi connectivity index (χ1v) is 9.96. The molecule has 26 heavy (non-hydrogen) atoms. The summed E-state index contributed by atoms with van der Waals surface area (Å²) in [5.41, 5.74) is 2.81. The molecule has 0 aliphatic rings. The molecule has 2 aromatic heterocycles. The summed E-state index contributed by atoms with van der Waals surface area (Å²) in [6, 6.07) is 9.88. The zero-order valence-corrected chi connectivity index (χ0v) is 16.9. The molecule has 0 amide bonds. The summed E-state index contributed by atoms with van der Waals surface area (Å²) < 4.78 is 12.7. The van der Waals surface area contributed by atoms with Crippen molar-refractivity contribution in [2.75, 3.05) is 20.8 Å². The Morgan fingerprint density at radius 2 is 2.00 bits per heavy atom. The van der Waals surface area contributed by atoms with Crippen LogP contribution in [0.4, 0.5) is 0 Å². The van der Waals surface area contributed by atoms with Gasteiger partial charge in [0.25, 0.3) is 0 Å². The molecule has 136 valence electrons. The second kappa shape index (κ2) is 8.33. The number of rotatable bonds is 6. The van der Waals surface area contributed by atoms with Crippen molar-refractivity contribution in [3.63, 3.8) is 0 Å². The van der Waals surface area contributed by atoms with Crippen LogP contribution >= 0.6 is 22.7 Å². The van der Waals surface area contributed by atoms with E-state index in [1.165, 1.54) is 0 Å². The highest BCUT2D eigenvalue weighted by Crippen LogP contribution is 2.27. The number of thiazole rings is 1. The van der Waals surface area contributed by atoms with Crippen LogP contribution in [0.25, 0.3) is 10.6 Å². The fourth-order valence-corrected chi connectivity index (χ4v) is 4.22. The first-order valence-electron chi connectivity index (χ1n) is 8.20. The minimum atomic E-state index is 0.713. The van der Waals surface area contributed by atoms with E-state index in [1.807, 2.05) is 42.8 Å². The zero-order valence-electron chi connectivity index (χ0n) is 15.2. The molecule has 0 fully saturated rings. The van der Waals surface area contributed by atoms with Crippen LogP contribution in [0.2, 0.25) is 0 Å². The highest BCUT2D eigenvalue weighted by Gasteiger charge is 2.12. The summed E-state index contributed by atoms with van der Waals surface area (Å²) in [7, 11) is 3.29. The van der Waals surface area contributed by atoms with Crippen LogP contribution in [0.15, 0.2) is 51.2 Å². The first kappa shape index (κ1) is 18.4. The van der Waals surface area contributed by atoms with Crippen molar-refractivity contribution in [2.24, 2.45) is 10.1 Å². The van der Waals surface area contributed by atoms with E-state index in [1.54, 1.807) is 36.9 Å². The van der Waals surface area contributed by atoms with E-state index in [0.29, 0.717) is 6.54 Å². The van der Waals surface area contributed by atoms with E-state index in [2.05, 4.69) is 21.8 Å². The van der Waals surface area contributed by atoms with Crippen LogP contribution in [0, 0.1) is 0 Å². The van der Waals surface area contributed by atoms with Gasteiger partial charge >= 0.3 is 0 Å². The van der Waals surface area contributed by atoms with Gasteiger partial charge in [0.1, 0.15) is 11.5 Å². The van der Waals surface area contributed by atoms with E-state index in [9.17, 15) is 0 Å². The predicted octanol–water partition coefficient (Wildman–Crippen LogP) is 4.49. The second-order valence-corrected chi connectivity index (χ2v) is 7.20. The predicted molar refractivity (Wildman–Crippen MR) is 109 cm³/mol. The number of hydrogen-bond donors (Lipinski definition) is 0. The Kier molecular flexibility index (Phi) is 5.90. The number of ether oxygens (including phenoxy) is 2. The largest absolute Gasteiger partial charge is 0.497 e. The summed E-state index contributed by atoms with van der Waals surface area (Å²) in [6.45, 7) is 4.71. The van der Waals surface area contributed by atoms with Gasteiger partial charge in [0.2, 0.25) is 4.80 Å². The van der Waals surface area contributed by atoms with Crippen LogP contribution < -0.4 is 14.3 Å². The average Bonchev–Trinajstić information content (AvgIpc) is 3.32. The molecule has 0 radical (unpaired) electrons. The van der Waals surface area contributed by atoms with Crippen molar-refractivity contribution in [1.29, 1.82) is 0 Å². The van der Waals surface area contributed by atoms with Gasteiger partial charge in [0.15, 0.2) is 0 Å². The first-order chi connectivity index (χ1) is 12.7. The van der Waals surface area contributed by atoms with Gasteiger partial charge in [0, 0.05) is 23.6 Å². The van der Waals surface area contributed by atoms with Crippen LogP contribution in [-0.2, 0) is 0 Å². The van der Waals surface area contributed by atoms with Gasteiger partial charge in [-0.05, 0) is 37.4 Å². The quantitative estimate of drug-likeness (QED) is 0.585. The zero-order chi connectivity index (χ0) is 18.5. The Bertz CT molecular complexity index is 969. The molecule has 0 spiro atoms. The molecule has 0 aliphatic heterocycles. The van der Waals surface area contributed by atoms with Crippen LogP contribution in [0.3, 0.4) is 0 Å². The maximum absolute atomic E-state index is 5.52. The fourth-order valence-electron chi connectivity index (χ4n) is 2.54. The molecule has 5 nitrogen and oxygen atoms in total. The Balaban J connectivity index is 2.12. The Morgan fingerprint density at radius 3 is 2.65 bits per heavy atom. The molecule has 0 bridgehead atoms. The van der Waals surface area contributed by atoms with Gasteiger partial charge in [-0.2, -0.15) is 5.10 Å². The van der Waals surface area contributed by atoms with Gasteiger partial charge < -0.3 is 9.47 Å². The van der Waals surface area contributed by atoms with Crippen LogP contribution in [0.5, 0.6) is 11.5 Å². The van der Waals surface area contributed by atoms with Gasteiger partial charge in [-0.25, -0.2) is 4.68 Å². The molecule has 2 heterocycles. The minimum absolute atomic E-state index is 0.713. The topological polar surface area (TPSA) is 48.1 Å². The van der Waals surface area contributed by atoms with Crippen molar-refractivity contribution >= 4 is 28.4 Å². The number of nitrogens with zero attached hydrogens (tertiary/aromatic N) is 3. The van der Waals surface area contributed by atoms with Crippen molar-refractivity contribution in [2.45, 2.75) is 13.8 Å². The number of aromatic nitrogens is 1. The Labute approximate surface area is 160 Å². The molecule has 0 saturated carbocycles. The molecule has 0 N–H and O–H groups in total. The van der Waals surface area contributed by atoms with E-state index in [0.717, 1.165) is 38.1 Å². The van der Waals surface area contributed by atoms with E-state index in [4.69, 9.17) is 14.6 Å². The molecular weight excluding hydrogens is 366 g/mol. The third-order valence-electron chi connectivity index (χ3n) is 3.80. The summed E-state index contributed by atoms with van der Waals surface area (Å²) in [5.74, 6) is 1.48. The number of hydrogen-bond acceptors (Lipinski definition) is 6. The van der Waals surface area contributed by atoms with E-state index in [-0.39, 0.29) is 0 Å². The molecule has 1 aromatic carbocycles. The Hall–Kier alpha value is -2.38. The van der Waals surface area contributed by atoms with Crippen molar-refractivity contribution in [3.8, 4) is 22.1 Å². The maximum atomic E-state index is 5.52. The van der Waals surface area contributed by atoms with Crippen molar-refractivity contribution in [1.82, 2.24) is 4.68 Å². The molecule has 7 heteroatoms. The number of thiophene rings is 1. The monoisotopic (exact) mass is 387 g/mol. The highest BCUT2D eigenvalue weighted by atomic mass is 32.1. The lowest BCUT2D eigenvalue weighted by Gasteiger charge is -2.11. The average molecular weight is 388 g/mol. The van der Waals surface area contributed by atoms with E-state index >= 15 is 0 Å². The Morgan fingerprint density at radius 1 is 1.15 bits per heavy atom. The SMILES string of the molecule is CCN=c1scc(-c2cccs2)n1N=C(C)c1ccc(OC)cc1OC. The molecule has 0 saturated heterocycles. The lowest BCUT2D eigenvalue weighted by molar-refractivity contribution is 0.394. The highest BCUT2D eigenvalue weighted by molar-refractivity contribution is 7.14. The normalized spacial score (nSPS) is 12.5. The summed E-state index contributed by atoms with van der Waals surface area (Å²) in [5, 5.41) is 9.03. The summed E-state index contributed by atoms with van der Waals surface area (Å²) in [4.78, 5) is 6.62. The van der Waals surface area contributed by atoms with Crippen molar-refractivity contribution < 1.29 is 9.47 Å². The van der Waals surface area contributed by atoms with Gasteiger partial charge in [-0.3, -0.25) is 4.99 Å². The third kappa shape index (κ3) is 3.73. The maximum Gasteiger partial charge on any atom is 0.206 e. The van der Waals surface area contributed by atoms with Gasteiger partial charge in [0.05, 0.1) is 30.5 Å². The number of methoxy groups -OCH3 is 2. The van der Waals surface area contributed by atoms with Crippen LogP contribution in [0.1, 0.15) is 19.4 Å². The lowest BCUT2D eigenvalue weighted by Crippen LogP contribution is -2.14. The van der Waals surface area contributed by atoms with E-state index < -0.39 is 0 Å². The fraction of sp³-hybridized carbons (Fsp3) is 0.263. The molecule has 0 aliphatic carbocycles. The third-order valence-corrected chi connectivity index (χ3v) is 5.55. The van der Waals surface area contributed by atoms with Crippen molar-refractivity contribution in [3.05, 3.63) is 51.5 Å². The molecule has 0 unspecified atom stereocenters. The molecule has 3 rings (SSSR count). The molecule has 3 aromatic rings. The second-order valence-electron chi connectivity index (χ2n) is 5.42. The molecule has 0 atom stereocenters. The number of benzene rings is 1. The minimum Gasteiger partial charge on any atom is -0.497 e. The standard InChI is InChI=1S/C19H21N3O2S2/c1-5-20-19-22(16(12-26-19)18-7-6-10-25-18)21-13(2)15-9-8-14(23-3)11-17(15)24-4/h6-12H,5H2,1-4H3. The van der Waals surface area contributed by atoms with Gasteiger partial charge in [-0.1, -0.05) is 6.07 Å². The lowest BCUT2D eigenvalue weighted by atomic mass is 10.1. The smallest absolute Gasteiger partial charge is 0.206 e. The summed E-state index contributed by atoms with van der Waals surface area (Å²) in [6.07, 6.45) is 0. The summed E-state index contributed by atoms with van der Waals surface area (Å²) >= 11 is 3.29. The molecular formula is C19H21N3O2S2. The van der Waals surface area contributed by atoms with Gasteiger partial charge in [-0.15, -0.1) is 22.7 Å². The van der Waals surface area contributed by atoms with Crippen LogP contribution in [-0.4, -0.2) is 31.2 Å².